The van der Waals surface area contributed by atoms with E-state index in [9.17, 15) is 16.8 Å². The smallest absolute Gasteiger partial charge is 0.240 e. The first-order valence-corrected chi connectivity index (χ1v) is 11.2. The molecule has 0 fully saturated rings. The summed E-state index contributed by atoms with van der Waals surface area (Å²) in [4.78, 5) is 0.0771. The summed E-state index contributed by atoms with van der Waals surface area (Å²) >= 11 is 0. The fraction of sp³-hybridized carbons (Fsp3) is 0.333. The number of ether oxygens (including phenoxy) is 1. The van der Waals surface area contributed by atoms with Crippen LogP contribution in [-0.2, 0) is 31.0 Å². The molecule has 2 aromatic carbocycles. The van der Waals surface area contributed by atoms with Gasteiger partial charge in [0.2, 0.25) is 19.9 Å². The van der Waals surface area contributed by atoms with E-state index in [1.165, 1.54) is 24.3 Å². The molecule has 0 amide bonds. The van der Waals surface area contributed by atoms with Gasteiger partial charge in [0, 0.05) is 20.3 Å². The van der Waals surface area contributed by atoms with Crippen LogP contribution in [0.1, 0.15) is 18.9 Å². The van der Waals surface area contributed by atoms with E-state index in [0.717, 1.165) is 0 Å². The van der Waals surface area contributed by atoms with Gasteiger partial charge in [0.15, 0.2) is 0 Å². The highest BCUT2D eigenvalue weighted by atomic mass is 32.2. The van der Waals surface area contributed by atoms with Crippen molar-refractivity contribution in [3.05, 3.63) is 54.1 Å². The van der Waals surface area contributed by atoms with Gasteiger partial charge < -0.3 is 4.74 Å². The second-order valence-corrected chi connectivity index (χ2v) is 9.37. The van der Waals surface area contributed by atoms with Crippen molar-refractivity contribution in [2.24, 2.45) is 0 Å². The van der Waals surface area contributed by atoms with Crippen LogP contribution in [0.15, 0.2) is 63.2 Å². The van der Waals surface area contributed by atoms with Crippen LogP contribution in [0.3, 0.4) is 0 Å². The van der Waals surface area contributed by atoms with E-state index in [1.807, 2.05) is 6.92 Å². The largest absolute Gasteiger partial charge is 0.385 e. The van der Waals surface area contributed by atoms with Crippen LogP contribution in [0.2, 0.25) is 0 Å². The molecule has 2 rings (SSSR count). The van der Waals surface area contributed by atoms with Gasteiger partial charge in [-0.3, -0.25) is 0 Å². The minimum atomic E-state index is -3.82. The Hall–Kier alpha value is -1.74. The van der Waals surface area contributed by atoms with Gasteiger partial charge in [0.05, 0.1) is 14.7 Å². The third kappa shape index (κ3) is 4.70. The maximum atomic E-state index is 12.8. The van der Waals surface area contributed by atoms with E-state index in [0.29, 0.717) is 25.0 Å². The van der Waals surface area contributed by atoms with Gasteiger partial charge >= 0.3 is 0 Å². The Labute approximate surface area is 155 Å². The van der Waals surface area contributed by atoms with Crippen LogP contribution in [-0.4, -0.2) is 37.1 Å². The maximum Gasteiger partial charge on any atom is 0.240 e. The first-order valence-electron chi connectivity index (χ1n) is 8.24. The minimum Gasteiger partial charge on any atom is -0.385 e. The number of hydrogen-bond acceptors (Lipinski definition) is 5. The molecule has 0 radical (unpaired) electrons. The van der Waals surface area contributed by atoms with E-state index < -0.39 is 19.9 Å². The fourth-order valence-corrected chi connectivity index (χ4v) is 5.27. The van der Waals surface area contributed by atoms with Crippen molar-refractivity contribution in [2.75, 3.05) is 20.3 Å². The number of sulfone groups is 1. The van der Waals surface area contributed by atoms with Gasteiger partial charge in [0.1, 0.15) is 0 Å². The quantitative estimate of drug-likeness (QED) is 0.656. The van der Waals surface area contributed by atoms with Crippen LogP contribution < -0.4 is 4.72 Å². The molecule has 0 saturated heterocycles. The summed E-state index contributed by atoms with van der Waals surface area (Å²) in [5.41, 5.74) is 0.566. The van der Waals surface area contributed by atoms with Crippen LogP contribution in [0.5, 0.6) is 0 Å². The van der Waals surface area contributed by atoms with E-state index >= 15 is 0 Å². The second-order valence-electron chi connectivity index (χ2n) is 5.68. The van der Waals surface area contributed by atoms with Gasteiger partial charge in [-0.1, -0.05) is 31.2 Å². The first kappa shape index (κ1) is 20.6. The van der Waals surface area contributed by atoms with Crippen molar-refractivity contribution in [1.29, 1.82) is 0 Å². The predicted molar refractivity (Wildman–Crippen MR) is 99.4 cm³/mol. The molecule has 0 aliphatic rings. The van der Waals surface area contributed by atoms with E-state index in [4.69, 9.17) is 4.74 Å². The van der Waals surface area contributed by atoms with E-state index in [1.54, 1.807) is 31.4 Å². The molecule has 0 spiro atoms. The van der Waals surface area contributed by atoms with E-state index in [2.05, 4.69) is 4.72 Å². The Morgan fingerprint density at radius 2 is 1.65 bits per heavy atom. The summed E-state index contributed by atoms with van der Waals surface area (Å²) in [6, 6.07) is 12.2. The number of benzene rings is 2. The maximum absolute atomic E-state index is 12.8. The molecule has 0 atom stereocenters. The lowest BCUT2D eigenvalue weighted by Gasteiger charge is -2.13. The van der Waals surface area contributed by atoms with E-state index in [-0.39, 0.29) is 21.2 Å². The lowest BCUT2D eigenvalue weighted by atomic mass is 10.2. The summed E-state index contributed by atoms with van der Waals surface area (Å²) in [6.07, 6.45) is 0.999. The topological polar surface area (TPSA) is 89.5 Å². The third-order valence-electron chi connectivity index (χ3n) is 3.89. The summed E-state index contributed by atoms with van der Waals surface area (Å²) in [5, 5.41) is 0. The lowest BCUT2D eigenvalue weighted by molar-refractivity contribution is 0.196. The Kier molecular flexibility index (Phi) is 6.94. The summed E-state index contributed by atoms with van der Waals surface area (Å²) < 4.78 is 58.3. The van der Waals surface area contributed by atoms with Crippen molar-refractivity contribution in [3.63, 3.8) is 0 Å². The number of hydrogen-bond donors (Lipinski definition) is 1. The highest BCUT2D eigenvalue weighted by Gasteiger charge is 2.23. The van der Waals surface area contributed by atoms with Crippen LogP contribution in [0, 0.1) is 0 Å². The number of aryl methyl sites for hydroxylation is 1. The van der Waals surface area contributed by atoms with Crippen molar-refractivity contribution in [2.45, 2.75) is 34.5 Å². The average Bonchev–Trinajstić information content (AvgIpc) is 2.65. The molecule has 0 aliphatic carbocycles. The molecule has 26 heavy (non-hydrogen) atoms. The average molecular weight is 398 g/mol. The normalized spacial score (nSPS) is 12.2. The first-order chi connectivity index (χ1) is 12.3. The fourth-order valence-electron chi connectivity index (χ4n) is 2.48. The predicted octanol–water partition coefficient (Wildman–Crippen LogP) is 2.40. The third-order valence-corrected chi connectivity index (χ3v) is 7.20. The summed E-state index contributed by atoms with van der Waals surface area (Å²) in [7, 11) is -6.06. The van der Waals surface area contributed by atoms with Gasteiger partial charge in [-0.2, -0.15) is 0 Å². The highest BCUT2D eigenvalue weighted by molar-refractivity contribution is 7.91. The van der Waals surface area contributed by atoms with Crippen LogP contribution in [0.4, 0.5) is 0 Å². The molecule has 2 aromatic rings. The zero-order valence-corrected chi connectivity index (χ0v) is 16.4. The zero-order valence-electron chi connectivity index (χ0n) is 14.8. The monoisotopic (exact) mass is 397 g/mol. The molecule has 142 valence electrons. The Bertz CT molecular complexity index is 939. The van der Waals surface area contributed by atoms with Crippen LogP contribution in [0.25, 0.3) is 0 Å². The number of methoxy groups -OCH3 is 1. The van der Waals surface area contributed by atoms with Gasteiger partial charge in [-0.25, -0.2) is 21.6 Å². The molecule has 6 nitrogen and oxygen atoms in total. The molecular formula is C18H23NO5S2. The number of sulfonamides is 1. The summed E-state index contributed by atoms with van der Waals surface area (Å²) in [6.45, 7) is 2.48. The Morgan fingerprint density at radius 1 is 0.962 bits per heavy atom. The van der Waals surface area contributed by atoms with Crippen molar-refractivity contribution >= 4 is 19.9 Å². The molecule has 0 aromatic heterocycles. The Morgan fingerprint density at radius 3 is 2.27 bits per heavy atom. The second kappa shape index (κ2) is 8.77. The minimum absolute atomic E-state index is 0.00516. The van der Waals surface area contributed by atoms with Gasteiger partial charge in [0.25, 0.3) is 0 Å². The Balaban J connectivity index is 2.43. The van der Waals surface area contributed by atoms with Crippen molar-refractivity contribution in [3.8, 4) is 0 Å². The van der Waals surface area contributed by atoms with Crippen LogP contribution >= 0.6 is 0 Å². The van der Waals surface area contributed by atoms with Crippen molar-refractivity contribution in [1.82, 2.24) is 4.72 Å². The molecule has 0 saturated carbocycles. The zero-order chi connectivity index (χ0) is 19.2. The van der Waals surface area contributed by atoms with Gasteiger partial charge in [-0.15, -0.1) is 0 Å². The molecule has 0 bridgehead atoms. The van der Waals surface area contributed by atoms with Gasteiger partial charge in [-0.05, 0) is 42.7 Å². The molecular weight excluding hydrogens is 374 g/mol. The molecule has 0 heterocycles. The molecule has 8 heteroatoms. The molecule has 0 aliphatic heterocycles. The SMILES string of the molecule is CCc1ccc(S(=O)(=O)c2ccccc2)cc1S(=O)(=O)NCCCOC. The van der Waals surface area contributed by atoms with Crippen molar-refractivity contribution < 1.29 is 21.6 Å². The lowest BCUT2D eigenvalue weighted by Crippen LogP contribution is -2.26. The number of rotatable bonds is 9. The number of nitrogens with one attached hydrogen (secondary N) is 1. The standard InChI is InChI=1S/C18H23NO5S2/c1-3-15-10-11-17(25(20,21)16-8-5-4-6-9-16)14-18(15)26(22,23)19-12-7-13-24-2/h4-6,8-11,14,19H,3,7,12-13H2,1-2H3. The summed E-state index contributed by atoms with van der Waals surface area (Å²) in [5.74, 6) is 0. The molecule has 0 unspecified atom stereocenters. The highest BCUT2D eigenvalue weighted by Crippen LogP contribution is 2.26. The molecule has 1 N–H and O–H groups in total.